The van der Waals surface area contributed by atoms with Gasteiger partial charge in [0.05, 0.1) is 0 Å². The number of aromatic nitrogens is 2. The first-order chi connectivity index (χ1) is 9.62. The number of benzene rings is 1. The highest BCUT2D eigenvalue weighted by molar-refractivity contribution is 9.10. The number of aryl methyl sites for hydroxylation is 2. The SMILES string of the molecule is CCCn1ccnc1C1(O)CCc2cc(Br)ccc2C1. The number of imidazole rings is 1. The lowest BCUT2D eigenvalue weighted by Gasteiger charge is -2.33. The Morgan fingerprint density at radius 3 is 3.05 bits per heavy atom. The molecule has 0 fully saturated rings. The van der Waals surface area contributed by atoms with Crippen LogP contribution in [0.25, 0.3) is 0 Å². The number of nitrogens with zero attached hydrogens (tertiary/aromatic N) is 2. The van der Waals surface area contributed by atoms with E-state index in [1.165, 1.54) is 11.1 Å². The lowest BCUT2D eigenvalue weighted by Crippen LogP contribution is -2.36. The van der Waals surface area contributed by atoms with Gasteiger partial charge in [-0.3, -0.25) is 0 Å². The van der Waals surface area contributed by atoms with Gasteiger partial charge < -0.3 is 9.67 Å². The predicted molar refractivity (Wildman–Crippen MR) is 82.6 cm³/mol. The standard InChI is InChI=1S/C16H19BrN2O/c1-2-8-19-9-7-18-15(19)16(20)6-5-12-10-14(17)4-3-13(12)11-16/h3-4,7,9-10,20H,2,5-6,8,11H2,1H3. The molecular formula is C16H19BrN2O. The van der Waals surface area contributed by atoms with Gasteiger partial charge in [0.1, 0.15) is 11.4 Å². The van der Waals surface area contributed by atoms with Gasteiger partial charge in [-0.2, -0.15) is 0 Å². The van der Waals surface area contributed by atoms with Crippen LogP contribution in [-0.2, 0) is 25.0 Å². The van der Waals surface area contributed by atoms with Gasteiger partial charge in [-0.15, -0.1) is 0 Å². The molecule has 0 saturated heterocycles. The van der Waals surface area contributed by atoms with Crippen LogP contribution < -0.4 is 0 Å². The molecule has 0 bridgehead atoms. The molecule has 2 aromatic rings. The quantitative estimate of drug-likeness (QED) is 0.933. The first kappa shape index (κ1) is 13.8. The molecule has 3 nitrogen and oxygen atoms in total. The number of hydrogen-bond acceptors (Lipinski definition) is 2. The second kappa shape index (κ2) is 5.34. The zero-order chi connectivity index (χ0) is 14.2. The molecule has 1 aromatic carbocycles. The fourth-order valence-corrected chi connectivity index (χ4v) is 3.48. The van der Waals surface area contributed by atoms with Crippen molar-refractivity contribution in [2.45, 2.75) is 44.8 Å². The fraction of sp³-hybridized carbons (Fsp3) is 0.438. The summed E-state index contributed by atoms with van der Waals surface area (Å²) in [5.41, 5.74) is 1.73. The van der Waals surface area contributed by atoms with E-state index in [2.05, 4.69) is 44.5 Å². The zero-order valence-electron chi connectivity index (χ0n) is 11.6. The van der Waals surface area contributed by atoms with Crippen molar-refractivity contribution in [3.63, 3.8) is 0 Å². The van der Waals surface area contributed by atoms with Gasteiger partial charge in [0.25, 0.3) is 0 Å². The highest BCUT2D eigenvalue weighted by atomic mass is 79.9. The molecule has 0 amide bonds. The molecule has 1 aliphatic rings. The lowest BCUT2D eigenvalue weighted by atomic mass is 9.80. The molecule has 0 saturated carbocycles. The van der Waals surface area contributed by atoms with Crippen LogP contribution in [0.3, 0.4) is 0 Å². The summed E-state index contributed by atoms with van der Waals surface area (Å²) in [6, 6.07) is 6.31. The minimum Gasteiger partial charge on any atom is -0.382 e. The van der Waals surface area contributed by atoms with Gasteiger partial charge >= 0.3 is 0 Å². The molecule has 1 heterocycles. The number of fused-ring (bicyclic) bond motifs is 1. The van der Waals surface area contributed by atoms with Crippen molar-refractivity contribution in [3.8, 4) is 0 Å². The number of aliphatic hydroxyl groups is 1. The Morgan fingerprint density at radius 1 is 1.40 bits per heavy atom. The molecule has 4 heteroatoms. The molecule has 1 unspecified atom stereocenters. The monoisotopic (exact) mass is 334 g/mol. The first-order valence-electron chi connectivity index (χ1n) is 7.14. The van der Waals surface area contributed by atoms with Gasteiger partial charge in [-0.05, 0) is 42.5 Å². The van der Waals surface area contributed by atoms with E-state index in [9.17, 15) is 5.11 Å². The molecule has 0 spiro atoms. The number of hydrogen-bond donors (Lipinski definition) is 1. The maximum atomic E-state index is 11.1. The fourth-order valence-electron chi connectivity index (χ4n) is 3.07. The van der Waals surface area contributed by atoms with Gasteiger partial charge in [-0.1, -0.05) is 28.9 Å². The van der Waals surface area contributed by atoms with Crippen LogP contribution in [0.2, 0.25) is 0 Å². The number of rotatable bonds is 3. The van der Waals surface area contributed by atoms with E-state index in [4.69, 9.17) is 0 Å². The van der Waals surface area contributed by atoms with E-state index in [1.54, 1.807) is 6.20 Å². The summed E-state index contributed by atoms with van der Waals surface area (Å²) in [5, 5.41) is 11.1. The van der Waals surface area contributed by atoms with Crippen molar-refractivity contribution in [1.82, 2.24) is 9.55 Å². The summed E-state index contributed by atoms with van der Waals surface area (Å²) in [6.45, 7) is 3.05. The molecule has 1 aliphatic carbocycles. The van der Waals surface area contributed by atoms with Crippen LogP contribution in [0.4, 0.5) is 0 Å². The van der Waals surface area contributed by atoms with Crippen LogP contribution in [-0.4, -0.2) is 14.7 Å². The summed E-state index contributed by atoms with van der Waals surface area (Å²) >= 11 is 3.51. The van der Waals surface area contributed by atoms with Crippen LogP contribution in [0.15, 0.2) is 35.1 Å². The van der Waals surface area contributed by atoms with Crippen molar-refractivity contribution in [1.29, 1.82) is 0 Å². The number of halogens is 1. The molecule has 1 aromatic heterocycles. The van der Waals surface area contributed by atoms with E-state index in [-0.39, 0.29) is 0 Å². The summed E-state index contributed by atoms with van der Waals surface area (Å²) in [7, 11) is 0. The summed E-state index contributed by atoms with van der Waals surface area (Å²) in [4.78, 5) is 4.42. The Kier molecular flexibility index (Phi) is 3.69. The van der Waals surface area contributed by atoms with Gasteiger partial charge in [-0.25, -0.2) is 4.98 Å². The molecule has 3 rings (SSSR count). The topological polar surface area (TPSA) is 38.0 Å². The smallest absolute Gasteiger partial charge is 0.141 e. The normalized spacial score (nSPS) is 21.8. The maximum absolute atomic E-state index is 11.1. The highest BCUT2D eigenvalue weighted by Gasteiger charge is 2.37. The van der Waals surface area contributed by atoms with Crippen molar-refractivity contribution in [2.75, 3.05) is 0 Å². The third-order valence-corrected chi connectivity index (χ3v) is 4.55. The Labute approximate surface area is 127 Å². The predicted octanol–water partition coefficient (Wildman–Crippen LogP) is 3.43. The van der Waals surface area contributed by atoms with E-state index >= 15 is 0 Å². The molecule has 106 valence electrons. The van der Waals surface area contributed by atoms with Gasteiger partial charge in [0.15, 0.2) is 0 Å². The Bertz CT molecular complexity index is 623. The third-order valence-electron chi connectivity index (χ3n) is 4.06. The average molecular weight is 335 g/mol. The Hall–Kier alpha value is -1.13. The van der Waals surface area contributed by atoms with Crippen LogP contribution in [0.5, 0.6) is 0 Å². The van der Waals surface area contributed by atoms with E-state index < -0.39 is 5.60 Å². The Morgan fingerprint density at radius 2 is 2.25 bits per heavy atom. The second-order valence-corrected chi connectivity index (χ2v) is 6.48. The van der Waals surface area contributed by atoms with Gasteiger partial charge in [0.2, 0.25) is 0 Å². The van der Waals surface area contributed by atoms with E-state index in [1.807, 2.05) is 12.3 Å². The van der Waals surface area contributed by atoms with Crippen LogP contribution in [0.1, 0.15) is 36.7 Å². The zero-order valence-corrected chi connectivity index (χ0v) is 13.2. The summed E-state index contributed by atoms with van der Waals surface area (Å²) in [6.07, 6.45) is 7.08. The molecule has 0 radical (unpaired) electrons. The highest BCUT2D eigenvalue weighted by Crippen LogP contribution is 2.36. The Balaban J connectivity index is 1.94. The van der Waals surface area contributed by atoms with Crippen molar-refractivity contribution >= 4 is 15.9 Å². The average Bonchev–Trinajstić information content (AvgIpc) is 2.89. The van der Waals surface area contributed by atoms with Crippen molar-refractivity contribution in [3.05, 3.63) is 52.0 Å². The molecule has 1 atom stereocenters. The van der Waals surface area contributed by atoms with Crippen LogP contribution >= 0.6 is 15.9 Å². The molecular weight excluding hydrogens is 316 g/mol. The molecule has 0 aliphatic heterocycles. The van der Waals surface area contributed by atoms with Crippen LogP contribution in [0, 0.1) is 0 Å². The third kappa shape index (κ3) is 2.42. The minimum absolute atomic E-state index is 0.649. The van der Waals surface area contributed by atoms with E-state index in [0.29, 0.717) is 6.42 Å². The molecule has 20 heavy (non-hydrogen) atoms. The molecule has 1 N–H and O–H groups in total. The van der Waals surface area contributed by atoms with Crippen molar-refractivity contribution in [2.24, 2.45) is 0 Å². The van der Waals surface area contributed by atoms with Gasteiger partial charge in [0, 0.05) is 29.8 Å². The second-order valence-electron chi connectivity index (χ2n) is 5.57. The van der Waals surface area contributed by atoms with Crippen molar-refractivity contribution < 1.29 is 5.11 Å². The minimum atomic E-state index is -0.834. The van der Waals surface area contributed by atoms with E-state index in [0.717, 1.165) is 36.1 Å². The maximum Gasteiger partial charge on any atom is 0.141 e. The summed E-state index contributed by atoms with van der Waals surface area (Å²) in [5.74, 6) is 0.813. The summed E-state index contributed by atoms with van der Waals surface area (Å²) < 4.78 is 3.19. The largest absolute Gasteiger partial charge is 0.382 e. The lowest BCUT2D eigenvalue weighted by molar-refractivity contribution is 0.00993. The first-order valence-corrected chi connectivity index (χ1v) is 7.93.